The summed E-state index contributed by atoms with van der Waals surface area (Å²) in [6.45, 7) is 2.75. The number of ketones is 1. The molecule has 25 heavy (non-hydrogen) atoms. The zero-order valence-corrected chi connectivity index (χ0v) is 14.5. The zero-order valence-electron chi connectivity index (χ0n) is 14.5. The van der Waals surface area contributed by atoms with Crippen LogP contribution in [0, 0.1) is 5.82 Å². The van der Waals surface area contributed by atoms with Gasteiger partial charge in [0.15, 0.2) is 5.78 Å². The number of Topliss-reactive ketones (excluding diaryl/α,β-unsaturated/α-hetero) is 1. The maximum Gasteiger partial charge on any atom is 0.179 e. The molecule has 1 atom stereocenters. The number of likely N-dealkylation sites (tertiary alicyclic amines) is 1. The molecule has 3 nitrogen and oxygen atoms in total. The number of hydrogen-bond donors (Lipinski definition) is 1. The fourth-order valence-electron chi connectivity index (χ4n) is 3.43. The minimum atomic E-state index is -0.302. The van der Waals surface area contributed by atoms with Crippen LogP contribution in [0.1, 0.15) is 36.0 Å². The molecule has 0 aliphatic carbocycles. The summed E-state index contributed by atoms with van der Waals surface area (Å²) in [5.41, 5.74) is 1.74. The summed E-state index contributed by atoms with van der Waals surface area (Å²) in [6.07, 6.45) is 4.10. The van der Waals surface area contributed by atoms with Crippen LogP contribution in [0.4, 0.5) is 10.1 Å². The van der Waals surface area contributed by atoms with Gasteiger partial charge >= 0.3 is 0 Å². The van der Waals surface area contributed by atoms with Gasteiger partial charge in [-0.2, -0.15) is 0 Å². The van der Waals surface area contributed by atoms with Crippen molar-refractivity contribution in [3.8, 4) is 0 Å². The van der Waals surface area contributed by atoms with Gasteiger partial charge < -0.3 is 5.32 Å². The molecule has 2 aromatic carbocycles. The topological polar surface area (TPSA) is 32.3 Å². The van der Waals surface area contributed by atoms with E-state index in [-0.39, 0.29) is 17.6 Å². The highest BCUT2D eigenvalue weighted by Gasteiger charge is 2.28. The second-order valence-corrected chi connectivity index (χ2v) is 6.57. The summed E-state index contributed by atoms with van der Waals surface area (Å²) in [5.74, 6) is -0.181. The van der Waals surface area contributed by atoms with Gasteiger partial charge in [-0.05, 0) is 62.2 Å². The number of carbonyl (C=O) groups excluding carboxylic acids is 1. The second-order valence-electron chi connectivity index (χ2n) is 6.57. The van der Waals surface area contributed by atoms with Crippen molar-refractivity contribution in [1.29, 1.82) is 0 Å². The number of rotatable bonds is 7. The lowest BCUT2D eigenvalue weighted by Gasteiger charge is -2.34. The molecule has 0 bridgehead atoms. The van der Waals surface area contributed by atoms with Crippen LogP contribution in [0.25, 0.3) is 0 Å². The van der Waals surface area contributed by atoms with Crippen molar-refractivity contribution in [1.82, 2.24) is 4.90 Å². The maximum absolute atomic E-state index is 13.1. The van der Waals surface area contributed by atoms with Gasteiger partial charge in [0, 0.05) is 24.3 Å². The molecule has 0 spiro atoms. The van der Waals surface area contributed by atoms with Crippen LogP contribution in [0.3, 0.4) is 0 Å². The third kappa shape index (κ3) is 4.89. The minimum absolute atomic E-state index is 0.0732. The molecule has 1 unspecified atom stereocenters. The fraction of sp³-hybridized carbons (Fsp3) is 0.381. The highest BCUT2D eigenvalue weighted by molar-refractivity contribution is 6.00. The molecule has 0 saturated carbocycles. The number of piperidine rings is 1. The van der Waals surface area contributed by atoms with Crippen LogP contribution in [0.2, 0.25) is 0 Å². The third-order valence-electron chi connectivity index (χ3n) is 4.77. The number of carbonyl (C=O) groups is 1. The molecular formula is C21H25FN2O. The van der Waals surface area contributed by atoms with Crippen molar-refractivity contribution in [3.05, 3.63) is 66.0 Å². The van der Waals surface area contributed by atoms with Gasteiger partial charge in [0.2, 0.25) is 0 Å². The molecule has 3 rings (SSSR count). The molecule has 1 aliphatic rings. The molecule has 1 N–H and O–H groups in total. The van der Waals surface area contributed by atoms with E-state index in [4.69, 9.17) is 0 Å². The summed E-state index contributed by atoms with van der Waals surface area (Å²) >= 11 is 0. The first-order chi connectivity index (χ1) is 12.2. The van der Waals surface area contributed by atoms with E-state index in [9.17, 15) is 9.18 Å². The Balaban J connectivity index is 1.53. The predicted octanol–water partition coefficient (Wildman–Crippen LogP) is 4.37. The number of para-hydroxylation sites is 1. The smallest absolute Gasteiger partial charge is 0.179 e. The van der Waals surface area contributed by atoms with Crippen LogP contribution >= 0.6 is 0 Å². The van der Waals surface area contributed by atoms with Gasteiger partial charge in [0.05, 0.1) is 6.04 Å². The van der Waals surface area contributed by atoms with Crippen molar-refractivity contribution in [2.45, 2.75) is 31.7 Å². The quantitative estimate of drug-likeness (QED) is 0.600. The van der Waals surface area contributed by atoms with Crippen molar-refractivity contribution in [2.24, 2.45) is 0 Å². The Kier molecular flexibility index (Phi) is 6.18. The van der Waals surface area contributed by atoms with Crippen molar-refractivity contribution in [2.75, 3.05) is 25.0 Å². The molecule has 0 aromatic heterocycles. The monoisotopic (exact) mass is 340 g/mol. The van der Waals surface area contributed by atoms with E-state index in [1.54, 1.807) is 12.1 Å². The molecule has 1 fully saturated rings. The summed E-state index contributed by atoms with van der Waals surface area (Å²) in [5, 5.41) is 3.41. The van der Waals surface area contributed by atoms with E-state index in [2.05, 4.69) is 22.3 Å². The van der Waals surface area contributed by atoms with Crippen LogP contribution in [0.15, 0.2) is 54.6 Å². The normalized spacial score (nSPS) is 18.0. The fourth-order valence-corrected chi connectivity index (χ4v) is 3.43. The molecule has 1 saturated heterocycles. The van der Waals surface area contributed by atoms with Gasteiger partial charge in [-0.25, -0.2) is 4.39 Å². The highest BCUT2D eigenvalue weighted by atomic mass is 19.1. The Morgan fingerprint density at radius 1 is 1.08 bits per heavy atom. The van der Waals surface area contributed by atoms with Gasteiger partial charge in [0.1, 0.15) is 5.82 Å². The number of nitrogens with one attached hydrogen (secondary N) is 1. The van der Waals surface area contributed by atoms with E-state index in [1.165, 1.54) is 12.1 Å². The minimum Gasteiger partial charge on any atom is -0.385 e. The van der Waals surface area contributed by atoms with Crippen molar-refractivity contribution < 1.29 is 9.18 Å². The summed E-state index contributed by atoms with van der Waals surface area (Å²) < 4.78 is 13.1. The average Bonchev–Trinajstić information content (AvgIpc) is 2.66. The Labute approximate surface area is 148 Å². The van der Waals surface area contributed by atoms with Crippen molar-refractivity contribution >= 4 is 11.5 Å². The Hall–Kier alpha value is -2.20. The number of nitrogens with zero attached hydrogens (tertiary/aromatic N) is 1. The molecule has 4 heteroatoms. The van der Waals surface area contributed by atoms with Crippen LogP contribution < -0.4 is 5.32 Å². The molecule has 1 heterocycles. The van der Waals surface area contributed by atoms with Gasteiger partial charge in [0.25, 0.3) is 0 Å². The van der Waals surface area contributed by atoms with Gasteiger partial charge in [-0.1, -0.05) is 24.6 Å². The maximum atomic E-state index is 13.1. The van der Waals surface area contributed by atoms with Crippen LogP contribution in [-0.4, -0.2) is 36.4 Å². The summed E-state index contributed by atoms with van der Waals surface area (Å²) in [6, 6.07) is 16.0. The lowest BCUT2D eigenvalue weighted by molar-refractivity contribution is 0.0746. The first-order valence-electron chi connectivity index (χ1n) is 9.07. The highest BCUT2D eigenvalue weighted by Crippen LogP contribution is 2.21. The summed E-state index contributed by atoms with van der Waals surface area (Å²) in [7, 11) is 0. The standard InChI is InChI=1S/C21H25FN2O/c22-18-12-10-17(11-13-18)21(25)20-9-4-5-15-24(20)16-6-14-23-19-7-2-1-3-8-19/h1-3,7-8,10-13,20,23H,4-6,9,14-16H2. The largest absolute Gasteiger partial charge is 0.385 e. The van der Waals surface area contributed by atoms with E-state index >= 15 is 0 Å². The molecule has 1 aliphatic heterocycles. The number of hydrogen-bond acceptors (Lipinski definition) is 3. The Bertz CT molecular complexity index is 672. The number of benzene rings is 2. The van der Waals surface area contributed by atoms with Gasteiger partial charge in [-0.3, -0.25) is 9.69 Å². The van der Waals surface area contributed by atoms with Crippen molar-refractivity contribution in [3.63, 3.8) is 0 Å². The SMILES string of the molecule is O=C(c1ccc(F)cc1)C1CCCCN1CCCNc1ccccc1. The molecular weight excluding hydrogens is 315 g/mol. The lowest BCUT2D eigenvalue weighted by atomic mass is 9.94. The first kappa shape index (κ1) is 17.6. The first-order valence-corrected chi connectivity index (χ1v) is 9.07. The number of anilines is 1. The molecule has 0 radical (unpaired) electrons. The third-order valence-corrected chi connectivity index (χ3v) is 4.77. The zero-order chi connectivity index (χ0) is 17.5. The van der Waals surface area contributed by atoms with Crippen LogP contribution in [0.5, 0.6) is 0 Å². The molecule has 132 valence electrons. The van der Waals surface area contributed by atoms with E-state index in [0.717, 1.165) is 51.0 Å². The van der Waals surface area contributed by atoms with E-state index in [1.807, 2.05) is 18.2 Å². The van der Waals surface area contributed by atoms with Crippen LogP contribution in [-0.2, 0) is 0 Å². The summed E-state index contributed by atoms with van der Waals surface area (Å²) in [4.78, 5) is 15.1. The van der Waals surface area contributed by atoms with E-state index < -0.39 is 0 Å². The lowest BCUT2D eigenvalue weighted by Crippen LogP contribution is -2.45. The molecule has 0 amide bonds. The Morgan fingerprint density at radius 2 is 1.84 bits per heavy atom. The Morgan fingerprint density at radius 3 is 2.60 bits per heavy atom. The van der Waals surface area contributed by atoms with Gasteiger partial charge in [-0.15, -0.1) is 0 Å². The average molecular weight is 340 g/mol. The van der Waals surface area contributed by atoms with E-state index in [0.29, 0.717) is 5.56 Å². The number of halogens is 1. The molecule has 2 aromatic rings. The predicted molar refractivity (Wildman–Crippen MR) is 99.5 cm³/mol. The second kappa shape index (κ2) is 8.77.